The predicted octanol–water partition coefficient (Wildman–Crippen LogP) is 3.81. The van der Waals surface area contributed by atoms with Gasteiger partial charge in [-0.15, -0.1) is 11.3 Å². The summed E-state index contributed by atoms with van der Waals surface area (Å²) in [5.74, 6) is -0.0457. The lowest BCUT2D eigenvalue weighted by Gasteiger charge is -2.18. The fourth-order valence-corrected chi connectivity index (χ4v) is 3.60. The van der Waals surface area contributed by atoms with Crippen LogP contribution in [0.25, 0.3) is 10.6 Å². The van der Waals surface area contributed by atoms with Gasteiger partial charge in [0.05, 0.1) is 22.7 Å². The number of aryl methyl sites for hydroxylation is 1. The normalized spacial score (nSPS) is 13.8. The topological polar surface area (TPSA) is 68.0 Å². The number of nitrogens with one attached hydrogen (secondary N) is 1. The molecule has 0 saturated carbocycles. The summed E-state index contributed by atoms with van der Waals surface area (Å²) in [6, 6.07) is 5.59. The molecule has 4 nitrogen and oxygen atoms in total. The summed E-state index contributed by atoms with van der Waals surface area (Å²) in [5, 5.41) is 3.78. The number of hydrogen-bond acceptors (Lipinski definition) is 4. The van der Waals surface area contributed by atoms with E-state index >= 15 is 0 Å². The van der Waals surface area contributed by atoms with E-state index in [1.807, 2.05) is 27.7 Å². The van der Waals surface area contributed by atoms with Crippen molar-refractivity contribution in [1.29, 1.82) is 0 Å². The van der Waals surface area contributed by atoms with Crippen LogP contribution >= 0.6 is 11.3 Å². The maximum absolute atomic E-state index is 13.0. The average Bonchev–Trinajstić information content (AvgIpc) is 2.89. The molecular weight excluding hydrogens is 325 g/mol. The van der Waals surface area contributed by atoms with Gasteiger partial charge in [0.25, 0.3) is 0 Å². The van der Waals surface area contributed by atoms with E-state index in [1.165, 1.54) is 23.5 Å². The fraction of sp³-hybridized carbons (Fsp3) is 0.444. The van der Waals surface area contributed by atoms with Gasteiger partial charge in [-0.05, 0) is 50.5 Å². The van der Waals surface area contributed by atoms with E-state index in [2.05, 4.69) is 10.3 Å². The van der Waals surface area contributed by atoms with Crippen LogP contribution < -0.4 is 11.1 Å². The van der Waals surface area contributed by atoms with Gasteiger partial charge in [-0.3, -0.25) is 4.79 Å². The Morgan fingerprint density at radius 1 is 1.29 bits per heavy atom. The van der Waals surface area contributed by atoms with Gasteiger partial charge in [0.1, 0.15) is 10.8 Å². The molecule has 0 spiro atoms. The van der Waals surface area contributed by atoms with Gasteiger partial charge in [-0.2, -0.15) is 0 Å². The minimum absolute atomic E-state index is 0.146. The summed E-state index contributed by atoms with van der Waals surface area (Å²) in [7, 11) is 0. The summed E-state index contributed by atoms with van der Waals surface area (Å²) in [6.45, 7) is 7.92. The Morgan fingerprint density at radius 2 is 1.92 bits per heavy atom. The molecule has 0 aliphatic carbocycles. The van der Waals surface area contributed by atoms with E-state index in [9.17, 15) is 9.18 Å². The van der Waals surface area contributed by atoms with Crippen LogP contribution in [0.1, 0.15) is 43.8 Å². The molecule has 3 N–H and O–H groups in total. The highest BCUT2D eigenvalue weighted by Crippen LogP contribution is 2.31. The Hall–Kier alpha value is -1.79. The minimum Gasteiger partial charge on any atom is -0.347 e. The summed E-state index contributed by atoms with van der Waals surface area (Å²) in [5.41, 5.74) is 7.67. The van der Waals surface area contributed by atoms with Crippen LogP contribution in [0.4, 0.5) is 4.39 Å². The Bertz CT molecular complexity index is 697. The van der Waals surface area contributed by atoms with Crippen molar-refractivity contribution in [3.05, 3.63) is 40.7 Å². The number of nitrogens with zero attached hydrogens (tertiary/aromatic N) is 1. The van der Waals surface area contributed by atoms with Gasteiger partial charge in [0.15, 0.2) is 0 Å². The molecule has 0 fully saturated rings. The van der Waals surface area contributed by atoms with Crippen molar-refractivity contribution >= 4 is 17.2 Å². The number of benzene rings is 1. The number of aromatic nitrogens is 1. The second-order valence-corrected chi connectivity index (χ2v) is 7.47. The Kier molecular flexibility index (Phi) is 6.07. The molecule has 0 saturated heterocycles. The van der Waals surface area contributed by atoms with Crippen molar-refractivity contribution in [2.45, 2.75) is 46.2 Å². The molecule has 1 aromatic carbocycles. The van der Waals surface area contributed by atoms with Crippen molar-refractivity contribution in [1.82, 2.24) is 10.3 Å². The third-order valence-electron chi connectivity index (χ3n) is 3.74. The summed E-state index contributed by atoms with van der Waals surface area (Å²) >= 11 is 1.51. The number of nitrogens with two attached hydrogens (primary N) is 1. The molecule has 0 aliphatic rings. The van der Waals surface area contributed by atoms with Gasteiger partial charge >= 0.3 is 0 Å². The number of hydrogen-bond donors (Lipinski definition) is 2. The van der Waals surface area contributed by atoms with E-state index < -0.39 is 6.04 Å². The highest BCUT2D eigenvalue weighted by Gasteiger charge is 2.21. The zero-order valence-electron chi connectivity index (χ0n) is 14.5. The highest BCUT2D eigenvalue weighted by molar-refractivity contribution is 7.15. The molecule has 1 amide bonds. The van der Waals surface area contributed by atoms with Crippen LogP contribution in [0.3, 0.4) is 0 Å². The number of rotatable bonds is 6. The predicted molar refractivity (Wildman–Crippen MR) is 96.2 cm³/mol. The molecule has 130 valence electrons. The SMILES string of the molecule is Cc1nc(-c2ccc(F)cc2)sc1C(C)NC(=O)[C@@H](N)CC(C)C. The third-order valence-corrected chi connectivity index (χ3v) is 5.13. The Labute approximate surface area is 146 Å². The van der Waals surface area contributed by atoms with Crippen LogP contribution in [0.2, 0.25) is 0 Å². The van der Waals surface area contributed by atoms with Gasteiger partial charge in [0, 0.05) is 5.56 Å². The second kappa shape index (κ2) is 7.85. The Balaban J connectivity index is 2.11. The van der Waals surface area contributed by atoms with Crippen LogP contribution in [0, 0.1) is 18.7 Å². The monoisotopic (exact) mass is 349 g/mol. The lowest BCUT2D eigenvalue weighted by Crippen LogP contribution is -2.42. The molecular formula is C18H24FN3OS. The lowest BCUT2D eigenvalue weighted by atomic mass is 10.0. The molecule has 0 bridgehead atoms. The quantitative estimate of drug-likeness (QED) is 0.833. The molecule has 2 aromatic rings. The molecule has 2 rings (SSSR count). The number of halogens is 1. The van der Waals surface area contributed by atoms with Crippen molar-refractivity contribution in [2.24, 2.45) is 11.7 Å². The summed E-state index contributed by atoms with van der Waals surface area (Å²) in [6.07, 6.45) is 0.654. The maximum atomic E-state index is 13.0. The minimum atomic E-state index is -0.503. The molecule has 1 heterocycles. The van der Waals surface area contributed by atoms with Gasteiger partial charge in [0.2, 0.25) is 5.91 Å². The zero-order chi connectivity index (χ0) is 17.9. The van der Waals surface area contributed by atoms with E-state index in [1.54, 1.807) is 12.1 Å². The molecule has 2 atom stereocenters. The standard InChI is InChI=1S/C18H24FN3OS/c1-10(2)9-15(20)17(23)21-11(3)16-12(4)22-18(24-16)13-5-7-14(19)8-6-13/h5-8,10-11,15H,9,20H2,1-4H3,(H,21,23)/t11?,15-/m0/s1. The molecule has 24 heavy (non-hydrogen) atoms. The van der Waals surface area contributed by atoms with Gasteiger partial charge in [-0.25, -0.2) is 9.37 Å². The average molecular weight is 349 g/mol. The summed E-state index contributed by atoms with van der Waals surface area (Å²) in [4.78, 5) is 17.7. The largest absolute Gasteiger partial charge is 0.347 e. The Morgan fingerprint density at radius 3 is 2.50 bits per heavy atom. The van der Waals surface area contributed by atoms with Crippen molar-refractivity contribution in [3.63, 3.8) is 0 Å². The maximum Gasteiger partial charge on any atom is 0.237 e. The molecule has 6 heteroatoms. The van der Waals surface area contributed by atoms with Crippen molar-refractivity contribution in [2.75, 3.05) is 0 Å². The van der Waals surface area contributed by atoms with Gasteiger partial charge < -0.3 is 11.1 Å². The van der Waals surface area contributed by atoms with E-state index in [0.29, 0.717) is 12.3 Å². The van der Waals surface area contributed by atoms with Crippen LogP contribution in [0.5, 0.6) is 0 Å². The fourth-order valence-electron chi connectivity index (χ4n) is 2.53. The number of carbonyl (C=O) groups is 1. The lowest BCUT2D eigenvalue weighted by molar-refractivity contribution is -0.123. The third kappa shape index (κ3) is 4.61. The smallest absolute Gasteiger partial charge is 0.237 e. The number of amides is 1. The highest BCUT2D eigenvalue weighted by atomic mass is 32.1. The van der Waals surface area contributed by atoms with E-state index in [0.717, 1.165) is 21.1 Å². The van der Waals surface area contributed by atoms with Crippen molar-refractivity contribution in [3.8, 4) is 10.6 Å². The number of carbonyl (C=O) groups excluding carboxylic acids is 1. The van der Waals surface area contributed by atoms with E-state index in [4.69, 9.17) is 5.73 Å². The molecule has 0 aliphatic heterocycles. The first-order valence-corrected chi connectivity index (χ1v) is 8.88. The molecule has 1 aromatic heterocycles. The summed E-state index contributed by atoms with van der Waals surface area (Å²) < 4.78 is 13.0. The van der Waals surface area contributed by atoms with Crippen LogP contribution in [-0.4, -0.2) is 16.9 Å². The van der Waals surface area contributed by atoms with E-state index in [-0.39, 0.29) is 17.8 Å². The molecule has 1 unspecified atom stereocenters. The van der Waals surface area contributed by atoms with Crippen LogP contribution in [0.15, 0.2) is 24.3 Å². The van der Waals surface area contributed by atoms with Crippen LogP contribution in [-0.2, 0) is 4.79 Å². The second-order valence-electron chi connectivity index (χ2n) is 6.44. The zero-order valence-corrected chi connectivity index (χ0v) is 15.3. The first kappa shape index (κ1) is 18.5. The number of thiazole rings is 1. The van der Waals surface area contributed by atoms with Crippen molar-refractivity contribution < 1.29 is 9.18 Å². The molecule has 0 radical (unpaired) electrons. The first-order valence-electron chi connectivity index (χ1n) is 8.07. The van der Waals surface area contributed by atoms with Gasteiger partial charge in [-0.1, -0.05) is 13.8 Å². The first-order chi connectivity index (χ1) is 11.3.